The Morgan fingerprint density at radius 2 is 1.77 bits per heavy atom. The van der Waals surface area contributed by atoms with Crippen LogP contribution < -0.4 is 5.32 Å². The Morgan fingerprint density at radius 3 is 2.27 bits per heavy atom. The molecule has 1 N–H and O–H groups in total. The number of amides is 2. The van der Waals surface area contributed by atoms with Crippen LogP contribution in [0.4, 0.5) is 4.39 Å². The Hall–Kier alpha value is -1.91. The monoisotopic (exact) mass is 308 g/mol. The highest BCUT2D eigenvalue weighted by Gasteiger charge is 2.23. The van der Waals surface area contributed by atoms with Crippen molar-refractivity contribution in [2.75, 3.05) is 13.1 Å². The van der Waals surface area contributed by atoms with Crippen molar-refractivity contribution < 1.29 is 14.0 Å². The Kier molecular flexibility index (Phi) is 6.53. The summed E-state index contributed by atoms with van der Waals surface area (Å²) in [5, 5.41) is 2.82. The fourth-order valence-electron chi connectivity index (χ4n) is 2.26. The van der Waals surface area contributed by atoms with Crippen LogP contribution in [0.2, 0.25) is 0 Å². The second-order valence-electron chi connectivity index (χ2n) is 6.32. The van der Waals surface area contributed by atoms with Gasteiger partial charge in [0.15, 0.2) is 0 Å². The van der Waals surface area contributed by atoms with E-state index in [-0.39, 0.29) is 29.6 Å². The molecule has 0 bridgehead atoms. The lowest BCUT2D eigenvalue weighted by molar-refractivity contribution is -0.134. The largest absolute Gasteiger partial charge is 0.356 e. The van der Waals surface area contributed by atoms with Crippen LogP contribution in [0.1, 0.15) is 39.7 Å². The minimum Gasteiger partial charge on any atom is -0.356 e. The Morgan fingerprint density at radius 1 is 1.18 bits per heavy atom. The number of nitrogens with one attached hydrogen (secondary N) is 1. The first-order chi connectivity index (χ1) is 10.2. The van der Waals surface area contributed by atoms with Gasteiger partial charge in [0.05, 0.1) is 0 Å². The van der Waals surface area contributed by atoms with E-state index in [1.54, 1.807) is 17.0 Å². The van der Waals surface area contributed by atoms with Crippen molar-refractivity contribution in [3.63, 3.8) is 0 Å². The number of hydrogen-bond donors (Lipinski definition) is 1. The molecule has 0 spiro atoms. The highest BCUT2D eigenvalue weighted by molar-refractivity contribution is 5.78. The van der Waals surface area contributed by atoms with Gasteiger partial charge in [0.2, 0.25) is 11.8 Å². The van der Waals surface area contributed by atoms with Crippen LogP contribution in [0.25, 0.3) is 0 Å². The van der Waals surface area contributed by atoms with Gasteiger partial charge in [0.1, 0.15) is 5.82 Å². The van der Waals surface area contributed by atoms with E-state index in [4.69, 9.17) is 0 Å². The normalized spacial score (nSPS) is 11.1. The number of carbonyl (C=O) groups excluding carboxylic acids is 2. The average molecular weight is 308 g/mol. The fourth-order valence-corrected chi connectivity index (χ4v) is 2.26. The van der Waals surface area contributed by atoms with Crippen LogP contribution in [0.3, 0.4) is 0 Å². The van der Waals surface area contributed by atoms with Crippen molar-refractivity contribution in [3.05, 3.63) is 35.6 Å². The minimum atomic E-state index is -0.291. The predicted molar refractivity (Wildman–Crippen MR) is 84.9 cm³/mol. The second-order valence-corrected chi connectivity index (χ2v) is 6.32. The molecule has 0 fully saturated rings. The molecule has 122 valence electrons. The van der Waals surface area contributed by atoms with Crippen LogP contribution in [0.15, 0.2) is 24.3 Å². The summed E-state index contributed by atoms with van der Waals surface area (Å²) in [4.78, 5) is 25.1. The van der Waals surface area contributed by atoms with E-state index in [1.807, 2.05) is 20.8 Å². The van der Waals surface area contributed by atoms with Gasteiger partial charge in [-0.25, -0.2) is 4.39 Å². The lowest BCUT2D eigenvalue weighted by Gasteiger charge is -2.34. The molecule has 4 nitrogen and oxygen atoms in total. The van der Waals surface area contributed by atoms with Gasteiger partial charge >= 0.3 is 0 Å². The topological polar surface area (TPSA) is 49.4 Å². The van der Waals surface area contributed by atoms with Gasteiger partial charge in [0, 0.05) is 32.0 Å². The quantitative estimate of drug-likeness (QED) is 0.878. The number of rotatable bonds is 6. The van der Waals surface area contributed by atoms with Crippen LogP contribution in [0, 0.1) is 5.82 Å². The minimum absolute atomic E-state index is 0.0355. The van der Waals surface area contributed by atoms with Gasteiger partial charge in [-0.2, -0.15) is 0 Å². The summed E-state index contributed by atoms with van der Waals surface area (Å²) in [7, 11) is 0. The highest BCUT2D eigenvalue weighted by Crippen LogP contribution is 2.13. The molecule has 0 aliphatic carbocycles. The molecule has 2 amide bonds. The van der Waals surface area contributed by atoms with Crippen molar-refractivity contribution in [3.8, 4) is 0 Å². The van der Waals surface area contributed by atoms with Crippen LogP contribution in [-0.2, 0) is 16.0 Å². The third-order valence-corrected chi connectivity index (χ3v) is 3.40. The molecular weight excluding hydrogens is 283 g/mol. The zero-order chi connectivity index (χ0) is 16.8. The van der Waals surface area contributed by atoms with Crippen LogP contribution in [-0.4, -0.2) is 35.3 Å². The molecule has 1 rings (SSSR count). The molecule has 0 aromatic heterocycles. The third-order valence-electron chi connectivity index (χ3n) is 3.40. The van der Waals surface area contributed by atoms with E-state index in [0.29, 0.717) is 19.5 Å². The summed E-state index contributed by atoms with van der Waals surface area (Å²) in [5.41, 5.74) is 0.682. The Labute approximate surface area is 131 Å². The summed E-state index contributed by atoms with van der Waals surface area (Å²) in [5.74, 6) is -0.386. The highest BCUT2D eigenvalue weighted by atomic mass is 19.1. The molecule has 0 saturated heterocycles. The zero-order valence-corrected chi connectivity index (χ0v) is 13.8. The SMILES string of the molecule is CC(=O)N(CCC(=O)NCCc1ccc(F)cc1)C(C)(C)C. The Bertz CT molecular complexity index is 506. The molecule has 0 aliphatic rings. The third kappa shape index (κ3) is 6.24. The smallest absolute Gasteiger partial charge is 0.221 e. The van der Waals surface area contributed by atoms with Gasteiger partial charge in [0.25, 0.3) is 0 Å². The standard InChI is InChI=1S/C17H25FN2O2/c1-13(21)20(17(2,3)4)12-10-16(22)19-11-9-14-5-7-15(18)8-6-14/h5-8H,9-12H2,1-4H3,(H,19,22). The summed E-state index contributed by atoms with van der Waals surface area (Å²) in [6.07, 6.45) is 0.933. The van der Waals surface area contributed by atoms with E-state index in [2.05, 4.69) is 5.32 Å². The van der Waals surface area contributed by atoms with Crippen LogP contribution in [0.5, 0.6) is 0 Å². The maximum Gasteiger partial charge on any atom is 0.221 e. The lowest BCUT2D eigenvalue weighted by Crippen LogP contribution is -2.46. The molecule has 0 radical (unpaired) electrons. The van der Waals surface area contributed by atoms with Crippen molar-refractivity contribution in [1.29, 1.82) is 0 Å². The molecule has 5 heteroatoms. The first-order valence-electron chi connectivity index (χ1n) is 7.49. The number of halogens is 1. The molecule has 0 aliphatic heterocycles. The van der Waals surface area contributed by atoms with E-state index in [1.165, 1.54) is 19.1 Å². The fraction of sp³-hybridized carbons (Fsp3) is 0.529. The van der Waals surface area contributed by atoms with Gasteiger partial charge in [-0.3, -0.25) is 9.59 Å². The number of benzene rings is 1. The van der Waals surface area contributed by atoms with Gasteiger partial charge in [-0.05, 0) is 44.9 Å². The van der Waals surface area contributed by atoms with Crippen molar-refractivity contribution in [2.24, 2.45) is 0 Å². The number of carbonyl (C=O) groups is 2. The van der Waals surface area contributed by atoms with Gasteiger partial charge in [-0.15, -0.1) is 0 Å². The molecule has 22 heavy (non-hydrogen) atoms. The molecule has 1 aromatic carbocycles. The first kappa shape index (κ1) is 18.1. The number of hydrogen-bond acceptors (Lipinski definition) is 2. The molecule has 0 saturated carbocycles. The molecule has 0 unspecified atom stereocenters. The van der Waals surface area contributed by atoms with Crippen LogP contribution >= 0.6 is 0 Å². The molecule has 0 heterocycles. The zero-order valence-electron chi connectivity index (χ0n) is 13.8. The maximum absolute atomic E-state index is 12.8. The summed E-state index contributed by atoms with van der Waals surface area (Å²) < 4.78 is 12.8. The maximum atomic E-state index is 12.8. The summed E-state index contributed by atoms with van der Waals surface area (Å²) >= 11 is 0. The van der Waals surface area contributed by atoms with Crippen molar-refractivity contribution in [2.45, 2.75) is 46.1 Å². The second kappa shape index (κ2) is 7.92. The van der Waals surface area contributed by atoms with Gasteiger partial charge < -0.3 is 10.2 Å². The van der Waals surface area contributed by atoms with E-state index < -0.39 is 0 Å². The summed E-state index contributed by atoms with van der Waals surface area (Å²) in [6.45, 7) is 8.25. The molecule has 0 atom stereocenters. The summed E-state index contributed by atoms with van der Waals surface area (Å²) in [6, 6.07) is 6.23. The van der Waals surface area contributed by atoms with Crippen molar-refractivity contribution >= 4 is 11.8 Å². The first-order valence-corrected chi connectivity index (χ1v) is 7.49. The molecular formula is C17H25FN2O2. The average Bonchev–Trinajstić information content (AvgIpc) is 2.39. The Balaban J connectivity index is 2.34. The van der Waals surface area contributed by atoms with Crippen molar-refractivity contribution in [1.82, 2.24) is 10.2 Å². The predicted octanol–water partition coefficient (Wildman–Crippen LogP) is 2.52. The van der Waals surface area contributed by atoms with E-state index in [0.717, 1.165) is 5.56 Å². The van der Waals surface area contributed by atoms with Gasteiger partial charge in [-0.1, -0.05) is 12.1 Å². The number of nitrogens with zero attached hydrogens (tertiary/aromatic N) is 1. The lowest BCUT2D eigenvalue weighted by atomic mass is 10.1. The van der Waals surface area contributed by atoms with E-state index >= 15 is 0 Å². The van der Waals surface area contributed by atoms with E-state index in [9.17, 15) is 14.0 Å². The molecule has 1 aromatic rings.